The first kappa shape index (κ1) is 11.3. The summed E-state index contributed by atoms with van der Waals surface area (Å²) < 4.78 is 0. The molecule has 1 N–H and O–H groups in total. The van der Waals surface area contributed by atoms with Gasteiger partial charge in [0, 0.05) is 18.8 Å². The van der Waals surface area contributed by atoms with Gasteiger partial charge in [-0.15, -0.1) is 0 Å². The van der Waals surface area contributed by atoms with Crippen molar-refractivity contribution in [3.63, 3.8) is 0 Å². The van der Waals surface area contributed by atoms with Gasteiger partial charge in [-0.2, -0.15) is 0 Å². The lowest BCUT2D eigenvalue weighted by molar-refractivity contribution is 0.103. The van der Waals surface area contributed by atoms with Crippen LogP contribution in [0.1, 0.15) is 21.5 Å². The van der Waals surface area contributed by atoms with Crippen LogP contribution in [0.15, 0.2) is 42.6 Å². The maximum atomic E-state index is 12.4. The summed E-state index contributed by atoms with van der Waals surface area (Å²) in [4.78, 5) is 16.5. The average Bonchev–Trinajstić information content (AvgIpc) is 2.38. The van der Waals surface area contributed by atoms with Crippen molar-refractivity contribution in [2.24, 2.45) is 0 Å². The van der Waals surface area contributed by atoms with E-state index in [0.29, 0.717) is 11.4 Å². The summed E-state index contributed by atoms with van der Waals surface area (Å²) in [6.45, 7) is 1.93. The van der Waals surface area contributed by atoms with Crippen LogP contribution in [-0.4, -0.2) is 17.8 Å². The van der Waals surface area contributed by atoms with E-state index in [4.69, 9.17) is 0 Å². The molecule has 0 aliphatic rings. The molecule has 0 atom stereocenters. The van der Waals surface area contributed by atoms with Crippen molar-refractivity contribution < 1.29 is 4.79 Å². The molecule has 17 heavy (non-hydrogen) atoms. The summed E-state index contributed by atoms with van der Waals surface area (Å²) in [6, 6.07) is 11.1. The molecule has 0 aliphatic carbocycles. The Balaban J connectivity index is 2.48. The van der Waals surface area contributed by atoms with Crippen molar-refractivity contribution in [3.8, 4) is 0 Å². The fourth-order valence-electron chi connectivity index (χ4n) is 1.76. The van der Waals surface area contributed by atoms with Gasteiger partial charge in [0.25, 0.3) is 0 Å². The highest BCUT2D eigenvalue weighted by Gasteiger charge is 2.14. The number of hydrogen-bond donors (Lipinski definition) is 1. The monoisotopic (exact) mass is 226 g/mol. The third kappa shape index (κ3) is 2.18. The minimum absolute atomic E-state index is 0.000509. The van der Waals surface area contributed by atoms with Gasteiger partial charge in [0.05, 0.1) is 5.56 Å². The van der Waals surface area contributed by atoms with Gasteiger partial charge in [-0.3, -0.25) is 4.79 Å². The Kier molecular flexibility index (Phi) is 3.19. The molecule has 0 saturated carbocycles. The molecule has 1 heterocycles. The van der Waals surface area contributed by atoms with E-state index in [1.54, 1.807) is 25.4 Å². The van der Waals surface area contributed by atoms with Gasteiger partial charge < -0.3 is 5.32 Å². The number of pyridine rings is 1. The van der Waals surface area contributed by atoms with Gasteiger partial charge in [0.1, 0.15) is 5.82 Å². The predicted octanol–water partition coefficient (Wildman–Crippen LogP) is 2.66. The van der Waals surface area contributed by atoms with E-state index in [1.807, 2.05) is 31.2 Å². The van der Waals surface area contributed by atoms with Gasteiger partial charge in [0.15, 0.2) is 5.78 Å². The summed E-state index contributed by atoms with van der Waals surface area (Å²) in [5.74, 6) is 0.612. The van der Waals surface area contributed by atoms with E-state index >= 15 is 0 Å². The molecule has 0 unspecified atom stereocenters. The summed E-state index contributed by atoms with van der Waals surface area (Å²) in [5.41, 5.74) is 2.30. The van der Waals surface area contributed by atoms with E-state index in [0.717, 1.165) is 11.1 Å². The Bertz CT molecular complexity index is 549. The average molecular weight is 226 g/mol. The zero-order chi connectivity index (χ0) is 12.3. The molecule has 2 rings (SSSR count). The highest BCUT2D eigenvalue weighted by molar-refractivity contribution is 6.12. The number of aromatic nitrogens is 1. The standard InChI is InChI=1S/C14H14N2O/c1-10-6-3-4-7-11(10)13(17)12-8-5-9-16-14(12)15-2/h3-9H,1-2H3,(H,15,16). The van der Waals surface area contributed by atoms with Crippen LogP contribution in [-0.2, 0) is 0 Å². The topological polar surface area (TPSA) is 42.0 Å². The lowest BCUT2D eigenvalue weighted by Gasteiger charge is -2.08. The molecular weight excluding hydrogens is 212 g/mol. The molecule has 0 aliphatic heterocycles. The van der Waals surface area contributed by atoms with E-state index in [2.05, 4.69) is 10.3 Å². The first-order valence-electron chi connectivity index (χ1n) is 5.47. The quantitative estimate of drug-likeness (QED) is 0.818. The number of nitrogens with one attached hydrogen (secondary N) is 1. The molecule has 0 spiro atoms. The van der Waals surface area contributed by atoms with Crippen LogP contribution in [0.4, 0.5) is 5.82 Å². The Morgan fingerprint density at radius 3 is 2.53 bits per heavy atom. The Morgan fingerprint density at radius 1 is 1.12 bits per heavy atom. The van der Waals surface area contributed by atoms with Gasteiger partial charge in [-0.25, -0.2) is 4.98 Å². The van der Waals surface area contributed by atoms with Crippen molar-refractivity contribution in [1.29, 1.82) is 0 Å². The number of aryl methyl sites for hydroxylation is 1. The largest absolute Gasteiger partial charge is 0.373 e. The smallest absolute Gasteiger partial charge is 0.196 e. The fourth-order valence-corrected chi connectivity index (χ4v) is 1.76. The van der Waals surface area contributed by atoms with Gasteiger partial charge in [-0.1, -0.05) is 24.3 Å². The normalized spacial score (nSPS) is 10.0. The Hall–Kier alpha value is -2.16. The molecule has 1 aromatic carbocycles. The first-order chi connectivity index (χ1) is 8.24. The summed E-state index contributed by atoms with van der Waals surface area (Å²) >= 11 is 0. The van der Waals surface area contributed by atoms with Crippen LogP contribution >= 0.6 is 0 Å². The second kappa shape index (κ2) is 4.78. The predicted molar refractivity (Wildman–Crippen MR) is 68.4 cm³/mol. The van der Waals surface area contributed by atoms with Crippen LogP contribution in [0.2, 0.25) is 0 Å². The van der Waals surface area contributed by atoms with Crippen LogP contribution < -0.4 is 5.32 Å². The molecule has 0 radical (unpaired) electrons. The van der Waals surface area contributed by atoms with E-state index in [-0.39, 0.29) is 5.78 Å². The molecule has 0 fully saturated rings. The molecule has 2 aromatic rings. The maximum Gasteiger partial charge on any atom is 0.196 e. The molecule has 3 nitrogen and oxygen atoms in total. The summed E-state index contributed by atoms with van der Waals surface area (Å²) in [5, 5.41) is 2.93. The summed E-state index contributed by atoms with van der Waals surface area (Å²) in [7, 11) is 1.76. The lowest BCUT2D eigenvalue weighted by atomic mass is 10.00. The highest BCUT2D eigenvalue weighted by Crippen LogP contribution is 2.18. The third-order valence-electron chi connectivity index (χ3n) is 2.68. The van der Waals surface area contributed by atoms with Gasteiger partial charge in [0.2, 0.25) is 0 Å². The molecule has 3 heteroatoms. The van der Waals surface area contributed by atoms with E-state index < -0.39 is 0 Å². The van der Waals surface area contributed by atoms with Crippen molar-refractivity contribution in [1.82, 2.24) is 4.98 Å². The second-order valence-corrected chi connectivity index (χ2v) is 3.79. The van der Waals surface area contributed by atoms with Crippen LogP contribution in [0.3, 0.4) is 0 Å². The second-order valence-electron chi connectivity index (χ2n) is 3.79. The molecule has 0 saturated heterocycles. The number of rotatable bonds is 3. The summed E-state index contributed by atoms with van der Waals surface area (Å²) in [6.07, 6.45) is 1.67. The fraction of sp³-hybridized carbons (Fsp3) is 0.143. The number of nitrogens with zero attached hydrogens (tertiary/aromatic N) is 1. The van der Waals surface area contributed by atoms with E-state index in [1.165, 1.54) is 0 Å². The Morgan fingerprint density at radius 2 is 1.82 bits per heavy atom. The molecule has 1 aromatic heterocycles. The van der Waals surface area contributed by atoms with Gasteiger partial charge >= 0.3 is 0 Å². The number of carbonyl (C=O) groups is 1. The van der Waals surface area contributed by atoms with Crippen molar-refractivity contribution in [2.45, 2.75) is 6.92 Å². The highest BCUT2D eigenvalue weighted by atomic mass is 16.1. The first-order valence-corrected chi connectivity index (χ1v) is 5.47. The number of benzene rings is 1. The third-order valence-corrected chi connectivity index (χ3v) is 2.68. The molecular formula is C14H14N2O. The minimum atomic E-state index is 0.000509. The van der Waals surface area contributed by atoms with Gasteiger partial charge in [-0.05, 0) is 24.6 Å². The Labute approximate surface area is 101 Å². The lowest BCUT2D eigenvalue weighted by Crippen LogP contribution is -2.08. The number of ketones is 1. The zero-order valence-corrected chi connectivity index (χ0v) is 9.90. The van der Waals surface area contributed by atoms with Crippen molar-refractivity contribution >= 4 is 11.6 Å². The van der Waals surface area contributed by atoms with Crippen LogP contribution in [0.25, 0.3) is 0 Å². The maximum absolute atomic E-state index is 12.4. The van der Waals surface area contributed by atoms with Crippen molar-refractivity contribution in [3.05, 3.63) is 59.3 Å². The molecule has 0 amide bonds. The zero-order valence-electron chi connectivity index (χ0n) is 9.90. The SMILES string of the molecule is CNc1ncccc1C(=O)c1ccccc1C. The molecule has 86 valence electrons. The van der Waals surface area contributed by atoms with Crippen LogP contribution in [0.5, 0.6) is 0 Å². The van der Waals surface area contributed by atoms with E-state index in [9.17, 15) is 4.79 Å². The van der Waals surface area contributed by atoms with Crippen LogP contribution in [0, 0.1) is 6.92 Å². The number of carbonyl (C=O) groups excluding carboxylic acids is 1. The number of anilines is 1. The minimum Gasteiger partial charge on any atom is -0.373 e. The molecule has 0 bridgehead atoms. The van der Waals surface area contributed by atoms with Crippen molar-refractivity contribution in [2.75, 3.05) is 12.4 Å². The number of hydrogen-bond acceptors (Lipinski definition) is 3.